The fourth-order valence-electron chi connectivity index (χ4n) is 1.19. The quantitative estimate of drug-likeness (QED) is 0.873. The van der Waals surface area contributed by atoms with Crippen LogP contribution in [-0.2, 0) is 10.0 Å². The lowest BCUT2D eigenvalue weighted by molar-refractivity contribution is 0.0955. The molecule has 17 heavy (non-hydrogen) atoms. The molecule has 0 saturated carbocycles. The van der Waals surface area contributed by atoms with E-state index in [0.29, 0.717) is 11.0 Å². The van der Waals surface area contributed by atoms with Gasteiger partial charge in [0.05, 0.1) is 10.6 Å². The highest BCUT2D eigenvalue weighted by Crippen LogP contribution is 2.28. The second-order valence-electron chi connectivity index (χ2n) is 3.17. The van der Waals surface area contributed by atoms with Crippen LogP contribution in [0.4, 0.5) is 0 Å². The van der Waals surface area contributed by atoms with Crippen LogP contribution in [0.3, 0.4) is 0 Å². The number of carbonyl (C=O) groups is 1. The van der Waals surface area contributed by atoms with Crippen molar-refractivity contribution in [3.05, 3.63) is 27.2 Å². The van der Waals surface area contributed by atoms with Gasteiger partial charge in [-0.15, -0.1) is 0 Å². The van der Waals surface area contributed by atoms with E-state index >= 15 is 0 Å². The first-order valence-electron chi connectivity index (χ1n) is 4.57. The highest BCUT2D eigenvalue weighted by molar-refractivity contribution is 9.10. The standard InChI is InChI=1S/C9H10BrClN2O3S/c1-2-13-9(14)6-3-5(10)4-7(8(6)11)17(12,15)16/h3-4H,2H2,1H3,(H,13,14)(H2,12,15,16). The highest BCUT2D eigenvalue weighted by Gasteiger charge is 2.20. The van der Waals surface area contributed by atoms with Gasteiger partial charge in [0, 0.05) is 11.0 Å². The summed E-state index contributed by atoms with van der Waals surface area (Å²) in [5, 5.41) is 7.35. The average Bonchev–Trinajstić information content (AvgIpc) is 2.19. The predicted octanol–water partition coefficient (Wildman–Crippen LogP) is 1.50. The molecular weight excluding hydrogens is 332 g/mol. The Labute approximate surface area is 113 Å². The average molecular weight is 342 g/mol. The molecule has 3 N–H and O–H groups in total. The summed E-state index contributed by atoms with van der Waals surface area (Å²) in [6.07, 6.45) is 0. The van der Waals surface area contributed by atoms with E-state index in [1.165, 1.54) is 12.1 Å². The van der Waals surface area contributed by atoms with Gasteiger partial charge in [0.15, 0.2) is 0 Å². The largest absolute Gasteiger partial charge is 0.352 e. The Hall–Kier alpha value is -0.630. The van der Waals surface area contributed by atoms with Gasteiger partial charge >= 0.3 is 0 Å². The molecule has 0 aliphatic heterocycles. The molecule has 1 rings (SSSR count). The zero-order chi connectivity index (χ0) is 13.2. The number of hydrogen-bond acceptors (Lipinski definition) is 3. The summed E-state index contributed by atoms with van der Waals surface area (Å²) >= 11 is 8.96. The van der Waals surface area contributed by atoms with E-state index in [4.69, 9.17) is 16.7 Å². The Bertz CT molecular complexity index is 560. The minimum absolute atomic E-state index is 0.0620. The first-order chi connectivity index (χ1) is 7.77. The molecular formula is C9H10BrClN2O3S. The van der Waals surface area contributed by atoms with Gasteiger partial charge in [-0.05, 0) is 19.1 Å². The Kier molecular flexibility index (Phi) is 4.54. The minimum atomic E-state index is -3.97. The van der Waals surface area contributed by atoms with Crippen molar-refractivity contribution in [2.24, 2.45) is 5.14 Å². The zero-order valence-corrected chi connectivity index (χ0v) is 12.0. The molecule has 0 unspecified atom stereocenters. The molecule has 0 atom stereocenters. The normalized spacial score (nSPS) is 11.3. The van der Waals surface area contributed by atoms with Crippen molar-refractivity contribution in [2.45, 2.75) is 11.8 Å². The summed E-state index contributed by atoms with van der Waals surface area (Å²) in [6, 6.07) is 2.68. The van der Waals surface area contributed by atoms with Crippen LogP contribution in [-0.4, -0.2) is 20.9 Å². The maximum Gasteiger partial charge on any atom is 0.252 e. The van der Waals surface area contributed by atoms with Crippen LogP contribution in [0, 0.1) is 0 Å². The fraction of sp³-hybridized carbons (Fsp3) is 0.222. The summed E-state index contributed by atoms with van der Waals surface area (Å²) in [6.45, 7) is 2.15. The molecule has 0 radical (unpaired) electrons. The van der Waals surface area contributed by atoms with Crippen LogP contribution in [0.25, 0.3) is 0 Å². The van der Waals surface area contributed by atoms with E-state index in [1.807, 2.05) is 0 Å². The van der Waals surface area contributed by atoms with Crippen LogP contribution in [0.15, 0.2) is 21.5 Å². The van der Waals surface area contributed by atoms with Crippen molar-refractivity contribution in [3.8, 4) is 0 Å². The van der Waals surface area contributed by atoms with E-state index in [1.54, 1.807) is 6.92 Å². The Balaban J connectivity index is 3.44. The highest BCUT2D eigenvalue weighted by atomic mass is 79.9. The molecule has 94 valence electrons. The summed E-state index contributed by atoms with van der Waals surface area (Å²) in [4.78, 5) is 11.4. The topological polar surface area (TPSA) is 89.3 Å². The maximum atomic E-state index is 11.6. The van der Waals surface area contributed by atoms with Gasteiger partial charge in [0.2, 0.25) is 10.0 Å². The van der Waals surface area contributed by atoms with Crippen molar-refractivity contribution in [1.29, 1.82) is 0 Å². The van der Waals surface area contributed by atoms with E-state index in [9.17, 15) is 13.2 Å². The second-order valence-corrected chi connectivity index (χ2v) is 5.99. The lowest BCUT2D eigenvalue weighted by Gasteiger charge is -2.09. The van der Waals surface area contributed by atoms with Crippen molar-refractivity contribution in [1.82, 2.24) is 5.32 Å². The van der Waals surface area contributed by atoms with Crippen LogP contribution in [0.5, 0.6) is 0 Å². The zero-order valence-electron chi connectivity index (χ0n) is 8.83. The first-order valence-corrected chi connectivity index (χ1v) is 7.29. The lowest BCUT2D eigenvalue weighted by Crippen LogP contribution is -2.24. The van der Waals surface area contributed by atoms with Gasteiger partial charge in [0.1, 0.15) is 4.90 Å². The van der Waals surface area contributed by atoms with Crippen molar-refractivity contribution in [3.63, 3.8) is 0 Å². The summed E-state index contributed by atoms with van der Waals surface area (Å²) in [5.41, 5.74) is 0.0620. The number of carbonyl (C=O) groups excluding carboxylic acids is 1. The molecule has 0 aromatic heterocycles. The van der Waals surface area contributed by atoms with Crippen LogP contribution in [0.1, 0.15) is 17.3 Å². The molecule has 0 bridgehead atoms. The Morgan fingerprint density at radius 3 is 2.59 bits per heavy atom. The third-order valence-electron chi connectivity index (χ3n) is 1.89. The van der Waals surface area contributed by atoms with Gasteiger partial charge in [-0.3, -0.25) is 4.79 Å². The molecule has 0 saturated heterocycles. The molecule has 1 amide bonds. The lowest BCUT2D eigenvalue weighted by atomic mass is 10.2. The predicted molar refractivity (Wildman–Crippen MR) is 68.5 cm³/mol. The summed E-state index contributed by atoms with van der Waals surface area (Å²) < 4.78 is 23.0. The molecule has 0 aliphatic rings. The number of benzene rings is 1. The van der Waals surface area contributed by atoms with Gasteiger partial charge in [0.25, 0.3) is 5.91 Å². The number of sulfonamides is 1. The maximum absolute atomic E-state index is 11.6. The van der Waals surface area contributed by atoms with E-state index in [-0.39, 0.29) is 15.5 Å². The number of rotatable bonds is 3. The molecule has 0 spiro atoms. The Morgan fingerprint density at radius 2 is 2.12 bits per heavy atom. The van der Waals surface area contributed by atoms with Gasteiger partial charge in [-0.1, -0.05) is 27.5 Å². The summed E-state index contributed by atoms with van der Waals surface area (Å²) in [5.74, 6) is -0.455. The molecule has 1 aromatic carbocycles. The monoisotopic (exact) mass is 340 g/mol. The van der Waals surface area contributed by atoms with Gasteiger partial charge in [-0.2, -0.15) is 0 Å². The van der Waals surface area contributed by atoms with E-state index in [2.05, 4.69) is 21.2 Å². The number of primary sulfonamides is 1. The number of nitrogens with two attached hydrogens (primary N) is 1. The smallest absolute Gasteiger partial charge is 0.252 e. The summed E-state index contributed by atoms with van der Waals surface area (Å²) in [7, 11) is -3.97. The minimum Gasteiger partial charge on any atom is -0.352 e. The number of amides is 1. The fourth-order valence-corrected chi connectivity index (χ4v) is 2.97. The number of halogens is 2. The van der Waals surface area contributed by atoms with Gasteiger partial charge < -0.3 is 5.32 Å². The third kappa shape index (κ3) is 3.41. The number of nitrogens with one attached hydrogen (secondary N) is 1. The van der Waals surface area contributed by atoms with E-state index < -0.39 is 15.9 Å². The van der Waals surface area contributed by atoms with Crippen LogP contribution < -0.4 is 10.5 Å². The molecule has 0 aliphatic carbocycles. The number of hydrogen-bond donors (Lipinski definition) is 2. The SMILES string of the molecule is CCNC(=O)c1cc(Br)cc(S(N)(=O)=O)c1Cl. The van der Waals surface area contributed by atoms with Gasteiger partial charge in [-0.25, -0.2) is 13.6 Å². The van der Waals surface area contributed by atoms with Crippen LogP contribution >= 0.6 is 27.5 Å². The Morgan fingerprint density at radius 1 is 1.53 bits per heavy atom. The molecule has 0 heterocycles. The second kappa shape index (κ2) is 5.34. The van der Waals surface area contributed by atoms with Crippen molar-refractivity contribution in [2.75, 3.05) is 6.54 Å². The van der Waals surface area contributed by atoms with Crippen LogP contribution in [0.2, 0.25) is 5.02 Å². The van der Waals surface area contributed by atoms with Crippen molar-refractivity contribution < 1.29 is 13.2 Å². The first kappa shape index (κ1) is 14.4. The molecule has 0 fully saturated rings. The molecule has 8 heteroatoms. The van der Waals surface area contributed by atoms with Crippen molar-refractivity contribution >= 4 is 43.5 Å². The van der Waals surface area contributed by atoms with E-state index in [0.717, 1.165) is 0 Å². The molecule has 1 aromatic rings. The third-order valence-corrected chi connectivity index (χ3v) is 3.80. The molecule has 5 nitrogen and oxygen atoms in total.